The van der Waals surface area contributed by atoms with Crippen LogP contribution in [-0.4, -0.2) is 20.2 Å². The van der Waals surface area contributed by atoms with Crippen LogP contribution in [0.5, 0.6) is 5.75 Å². The molecule has 15 heavy (non-hydrogen) atoms. The Bertz CT molecular complexity index is 302. The van der Waals surface area contributed by atoms with E-state index in [1.54, 1.807) is 0 Å². The number of ether oxygens (including phenoxy) is 1. The van der Waals surface area contributed by atoms with E-state index in [-0.39, 0.29) is 0 Å². The zero-order valence-electron chi connectivity index (χ0n) is 9.35. The van der Waals surface area contributed by atoms with Crippen molar-refractivity contribution in [1.82, 2.24) is 5.32 Å². The Morgan fingerprint density at radius 2 is 2.20 bits per heavy atom. The summed E-state index contributed by atoms with van der Waals surface area (Å²) in [7, 11) is 1.95. The summed E-state index contributed by atoms with van der Waals surface area (Å²) < 4.78 is 6.80. The van der Waals surface area contributed by atoms with Crippen LogP contribution >= 0.6 is 15.9 Å². The van der Waals surface area contributed by atoms with Gasteiger partial charge in [-0.2, -0.15) is 0 Å². The molecule has 0 atom stereocenters. The number of nitrogens with one attached hydrogen (secondary N) is 1. The van der Waals surface area contributed by atoms with E-state index in [0.29, 0.717) is 0 Å². The highest BCUT2D eigenvalue weighted by molar-refractivity contribution is 9.10. The highest BCUT2D eigenvalue weighted by atomic mass is 79.9. The van der Waals surface area contributed by atoms with Gasteiger partial charge in [0.25, 0.3) is 0 Å². The molecule has 0 aliphatic carbocycles. The van der Waals surface area contributed by atoms with Gasteiger partial charge < -0.3 is 10.1 Å². The molecule has 3 heteroatoms. The molecule has 0 aliphatic rings. The normalized spacial score (nSPS) is 10.3. The zero-order valence-corrected chi connectivity index (χ0v) is 10.9. The first kappa shape index (κ1) is 12.5. The van der Waals surface area contributed by atoms with Crippen LogP contribution in [0.4, 0.5) is 0 Å². The van der Waals surface area contributed by atoms with Crippen molar-refractivity contribution in [2.75, 3.05) is 20.2 Å². The van der Waals surface area contributed by atoms with Gasteiger partial charge in [0.15, 0.2) is 0 Å². The third kappa shape index (κ3) is 4.22. The van der Waals surface area contributed by atoms with E-state index < -0.39 is 0 Å². The van der Waals surface area contributed by atoms with Crippen molar-refractivity contribution in [3.63, 3.8) is 0 Å². The fourth-order valence-corrected chi connectivity index (χ4v) is 1.88. The molecule has 0 spiro atoms. The van der Waals surface area contributed by atoms with Gasteiger partial charge in [-0.3, -0.25) is 0 Å². The summed E-state index contributed by atoms with van der Waals surface area (Å²) in [4.78, 5) is 0. The molecule has 1 aromatic rings. The first-order valence-corrected chi connectivity index (χ1v) is 6.13. The largest absolute Gasteiger partial charge is 0.494 e. The number of hydrogen-bond acceptors (Lipinski definition) is 2. The van der Waals surface area contributed by atoms with Crippen molar-refractivity contribution >= 4 is 15.9 Å². The van der Waals surface area contributed by atoms with Crippen LogP contribution in [0.2, 0.25) is 0 Å². The van der Waals surface area contributed by atoms with E-state index in [2.05, 4.69) is 34.2 Å². The predicted molar refractivity (Wildman–Crippen MR) is 67.6 cm³/mol. The van der Waals surface area contributed by atoms with Gasteiger partial charge in [-0.05, 0) is 50.2 Å². The average Bonchev–Trinajstić information content (AvgIpc) is 2.26. The third-order valence-electron chi connectivity index (χ3n) is 2.24. The van der Waals surface area contributed by atoms with Crippen LogP contribution in [0.1, 0.15) is 18.9 Å². The first-order chi connectivity index (χ1) is 7.27. The molecule has 0 fully saturated rings. The fourth-order valence-electron chi connectivity index (χ4n) is 1.35. The van der Waals surface area contributed by atoms with E-state index in [0.717, 1.165) is 36.2 Å². The molecule has 0 aliphatic heterocycles. The summed E-state index contributed by atoms with van der Waals surface area (Å²) >= 11 is 3.52. The Labute approximate surface area is 100 Å². The van der Waals surface area contributed by atoms with Crippen LogP contribution in [-0.2, 0) is 6.42 Å². The van der Waals surface area contributed by atoms with E-state index in [4.69, 9.17) is 4.74 Å². The molecular weight excluding hydrogens is 254 g/mol. The number of aryl methyl sites for hydroxylation is 1. The van der Waals surface area contributed by atoms with Crippen molar-refractivity contribution in [1.29, 1.82) is 0 Å². The molecule has 1 rings (SSSR count). The van der Waals surface area contributed by atoms with Crippen LogP contribution in [0.3, 0.4) is 0 Å². The number of benzene rings is 1. The number of rotatable bonds is 6. The lowest BCUT2D eigenvalue weighted by atomic mass is 10.2. The van der Waals surface area contributed by atoms with Crippen LogP contribution in [0.15, 0.2) is 22.7 Å². The SMILES string of the molecule is CCc1cc(OCCCNC)ccc1Br. The standard InChI is InChI=1S/C12H18BrNO/c1-3-10-9-11(5-6-12(10)13)15-8-4-7-14-2/h5-6,9,14H,3-4,7-8H2,1-2H3. The van der Waals surface area contributed by atoms with Gasteiger partial charge in [-0.25, -0.2) is 0 Å². The van der Waals surface area contributed by atoms with E-state index >= 15 is 0 Å². The Morgan fingerprint density at radius 3 is 2.87 bits per heavy atom. The van der Waals surface area contributed by atoms with Gasteiger partial charge in [0.05, 0.1) is 6.61 Å². The minimum absolute atomic E-state index is 0.769. The first-order valence-electron chi connectivity index (χ1n) is 5.33. The van der Waals surface area contributed by atoms with Crippen molar-refractivity contribution in [2.24, 2.45) is 0 Å². The Balaban J connectivity index is 2.47. The third-order valence-corrected chi connectivity index (χ3v) is 3.01. The molecule has 1 aromatic carbocycles. The van der Waals surface area contributed by atoms with Gasteiger partial charge in [0.1, 0.15) is 5.75 Å². The Morgan fingerprint density at radius 1 is 1.40 bits per heavy atom. The quantitative estimate of drug-likeness (QED) is 0.804. The van der Waals surface area contributed by atoms with Crippen molar-refractivity contribution < 1.29 is 4.74 Å². The smallest absolute Gasteiger partial charge is 0.119 e. The minimum Gasteiger partial charge on any atom is -0.494 e. The van der Waals surface area contributed by atoms with Crippen molar-refractivity contribution in [2.45, 2.75) is 19.8 Å². The Kier molecular flexibility index (Phi) is 5.73. The summed E-state index contributed by atoms with van der Waals surface area (Å²) in [6.45, 7) is 3.91. The summed E-state index contributed by atoms with van der Waals surface area (Å²) in [6.07, 6.45) is 2.06. The van der Waals surface area contributed by atoms with Crippen molar-refractivity contribution in [3.8, 4) is 5.75 Å². The van der Waals surface area contributed by atoms with Crippen LogP contribution < -0.4 is 10.1 Å². The molecule has 0 aromatic heterocycles. The molecule has 1 N–H and O–H groups in total. The van der Waals surface area contributed by atoms with E-state index in [1.807, 2.05) is 19.2 Å². The maximum Gasteiger partial charge on any atom is 0.119 e. The lowest BCUT2D eigenvalue weighted by Gasteiger charge is -2.08. The lowest BCUT2D eigenvalue weighted by Crippen LogP contribution is -2.11. The molecular formula is C12H18BrNO. The average molecular weight is 272 g/mol. The molecule has 0 bridgehead atoms. The van der Waals surface area contributed by atoms with E-state index in [9.17, 15) is 0 Å². The second-order valence-electron chi connectivity index (χ2n) is 3.41. The van der Waals surface area contributed by atoms with Gasteiger partial charge in [-0.1, -0.05) is 22.9 Å². The highest BCUT2D eigenvalue weighted by Crippen LogP contribution is 2.22. The topological polar surface area (TPSA) is 21.3 Å². The molecule has 84 valence electrons. The summed E-state index contributed by atoms with van der Waals surface area (Å²) in [5.41, 5.74) is 1.29. The molecule has 0 amide bonds. The second kappa shape index (κ2) is 6.85. The molecule has 2 nitrogen and oxygen atoms in total. The van der Waals surface area contributed by atoms with E-state index in [1.165, 1.54) is 5.56 Å². The minimum atomic E-state index is 0.769. The lowest BCUT2D eigenvalue weighted by molar-refractivity contribution is 0.309. The van der Waals surface area contributed by atoms with Gasteiger partial charge in [0, 0.05) is 4.47 Å². The molecule has 0 unspecified atom stereocenters. The molecule has 0 radical (unpaired) electrons. The summed E-state index contributed by atoms with van der Waals surface area (Å²) in [5.74, 6) is 0.964. The van der Waals surface area contributed by atoms with Gasteiger partial charge in [-0.15, -0.1) is 0 Å². The maximum atomic E-state index is 5.64. The van der Waals surface area contributed by atoms with Gasteiger partial charge >= 0.3 is 0 Å². The molecule has 0 saturated carbocycles. The zero-order chi connectivity index (χ0) is 11.1. The molecule has 0 saturated heterocycles. The van der Waals surface area contributed by atoms with Crippen molar-refractivity contribution in [3.05, 3.63) is 28.2 Å². The predicted octanol–water partition coefficient (Wildman–Crippen LogP) is 3.00. The van der Waals surface area contributed by atoms with Crippen LogP contribution in [0, 0.1) is 0 Å². The number of halogens is 1. The highest BCUT2D eigenvalue weighted by Gasteiger charge is 2.00. The summed E-state index contributed by atoms with van der Waals surface area (Å²) in [6, 6.07) is 6.15. The molecule has 0 heterocycles. The fraction of sp³-hybridized carbons (Fsp3) is 0.500. The maximum absolute atomic E-state index is 5.64. The Hall–Kier alpha value is -0.540. The number of hydrogen-bond donors (Lipinski definition) is 1. The monoisotopic (exact) mass is 271 g/mol. The summed E-state index contributed by atoms with van der Waals surface area (Å²) in [5, 5.41) is 3.10. The second-order valence-corrected chi connectivity index (χ2v) is 4.27. The van der Waals surface area contributed by atoms with Gasteiger partial charge in [0.2, 0.25) is 0 Å². The van der Waals surface area contributed by atoms with Crippen LogP contribution in [0.25, 0.3) is 0 Å².